The highest BCUT2D eigenvalue weighted by atomic mass is 16.5. The fraction of sp³-hybridized carbons (Fsp3) is 0.529. The Balaban J connectivity index is 1.72. The van der Waals surface area contributed by atoms with Crippen molar-refractivity contribution < 1.29 is 19.4 Å². The number of hydrogen-bond acceptors (Lipinski definition) is 4. The molecule has 0 aromatic heterocycles. The molecule has 23 heavy (non-hydrogen) atoms. The van der Waals surface area contributed by atoms with Crippen molar-refractivity contribution in [2.75, 3.05) is 32.9 Å². The van der Waals surface area contributed by atoms with Gasteiger partial charge in [0.2, 0.25) is 11.8 Å². The average molecular weight is 320 g/mol. The predicted molar refractivity (Wildman–Crippen MR) is 85.8 cm³/mol. The molecular weight excluding hydrogens is 296 g/mol. The number of amides is 2. The number of nitrogens with one attached hydrogen (secondary N) is 1. The van der Waals surface area contributed by atoms with Crippen LogP contribution in [-0.4, -0.2) is 60.8 Å². The molecule has 1 heterocycles. The van der Waals surface area contributed by atoms with E-state index in [1.807, 2.05) is 30.3 Å². The summed E-state index contributed by atoms with van der Waals surface area (Å²) in [5, 5.41) is 11.8. The molecule has 1 aliphatic heterocycles. The smallest absolute Gasteiger partial charge is 0.224 e. The highest BCUT2D eigenvalue weighted by molar-refractivity contribution is 5.80. The van der Waals surface area contributed by atoms with E-state index in [2.05, 4.69) is 5.32 Å². The van der Waals surface area contributed by atoms with Gasteiger partial charge in [0.25, 0.3) is 0 Å². The van der Waals surface area contributed by atoms with E-state index in [1.54, 1.807) is 4.90 Å². The van der Waals surface area contributed by atoms with Gasteiger partial charge >= 0.3 is 0 Å². The van der Waals surface area contributed by atoms with Crippen LogP contribution < -0.4 is 5.32 Å². The third-order valence-electron chi connectivity index (χ3n) is 3.88. The zero-order valence-corrected chi connectivity index (χ0v) is 13.2. The van der Waals surface area contributed by atoms with Gasteiger partial charge in [-0.2, -0.15) is 0 Å². The fourth-order valence-corrected chi connectivity index (χ4v) is 2.67. The van der Waals surface area contributed by atoms with Crippen molar-refractivity contribution in [2.24, 2.45) is 0 Å². The lowest BCUT2D eigenvalue weighted by Gasteiger charge is -2.35. The first kappa shape index (κ1) is 17.4. The van der Waals surface area contributed by atoms with Crippen LogP contribution in [0, 0.1) is 0 Å². The van der Waals surface area contributed by atoms with Crippen LogP contribution in [0.4, 0.5) is 0 Å². The minimum absolute atomic E-state index is 0.00763. The standard InChI is InChI=1S/C17H24N2O4/c20-10-7-15-13-23-11-9-19(15)17(22)6-8-18-16(21)12-14-4-2-1-3-5-14/h1-5,15,20H,6-13H2,(H,18,21)/t15-/m1/s1. The first-order valence-electron chi connectivity index (χ1n) is 7.99. The van der Waals surface area contributed by atoms with Gasteiger partial charge in [-0.3, -0.25) is 9.59 Å². The average Bonchev–Trinajstić information content (AvgIpc) is 2.56. The highest BCUT2D eigenvalue weighted by Crippen LogP contribution is 2.11. The van der Waals surface area contributed by atoms with Gasteiger partial charge in [0, 0.05) is 26.1 Å². The normalized spacial score (nSPS) is 17.8. The zero-order chi connectivity index (χ0) is 16.5. The molecule has 6 heteroatoms. The largest absolute Gasteiger partial charge is 0.396 e. The number of ether oxygens (including phenoxy) is 1. The summed E-state index contributed by atoms with van der Waals surface area (Å²) in [5.41, 5.74) is 0.951. The SMILES string of the molecule is O=C(Cc1ccccc1)NCCC(=O)N1CCOC[C@H]1CCO. The van der Waals surface area contributed by atoms with E-state index in [9.17, 15) is 9.59 Å². The van der Waals surface area contributed by atoms with Crippen LogP contribution in [0.15, 0.2) is 30.3 Å². The molecule has 0 saturated carbocycles. The van der Waals surface area contributed by atoms with Crippen molar-refractivity contribution >= 4 is 11.8 Å². The van der Waals surface area contributed by atoms with Gasteiger partial charge in [0.1, 0.15) is 0 Å². The molecule has 0 spiro atoms. The van der Waals surface area contributed by atoms with E-state index in [0.29, 0.717) is 39.1 Å². The number of aliphatic hydroxyl groups is 1. The van der Waals surface area contributed by atoms with E-state index in [4.69, 9.17) is 9.84 Å². The van der Waals surface area contributed by atoms with Gasteiger partial charge in [0.05, 0.1) is 25.7 Å². The molecule has 126 valence electrons. The number of aliphatic hydroxyl groups excluding tert-OH is 1. The molecule has 2 rings (SSSR count). The Kier molecular flexibility index (Phi) is 7.03. The maximum atomic E-state index is 12.3. The number of nitrogens with zero attached hydrogens (tertiary/aromatic N) is 1. The third kappa shape index (κ3) is 5.65. The second-order valence-electron chi connectivity index (χ2n) is 5.59. The third-order valence-corrected chi connectivity index (χ3v) is 3.88. The molecule has 1 fully saturated rings. The maximum absolute atomic E-state index is 12.3. The molecule has 1 aromatic carbocycles. The lowest BCUT2D eigenvalue weighted by atomic mass is 10.1. The Morgan fingerprint density at radius 2 is 2.09 bits per heavy atom. The summed E-state index contributed by atoms with van der Waals surface area (Å²) in [6.07, 6.45) is 1.11. The topological polar surface area (TPSA) is 78.9 Å². The number of morpholine rings is 1. The zero-order valence-electron chi connectivity index (χ0n) is 13.2. The van der Waals surface area contributed by atoms with E-state index < -0.39 is 0 Å². The molecule has 1 aromatic rings. The van der Waals surface area contributed by atoms with Crippen LogP contribution >= 0.6 is 0 Å². The second kappa shape index (κ2) is 9.27. The highest BCUT2D eigenvalue weighted by Gasteiger charge is 2.26. The molecular formula is C17H24N2O4. The number of carbonyl (C=O) groups is 2. The second-order valence-corrected chi connectivity index (χ2v) is 5.59. The van der Waals surface area contributed by atoms with E-state index in [1.165, 1.54) is 0 Å². The molecule has 6 nitrogen and oxygen atoms in total. The Morgan fingerprint density at radius 3 is 2.83 bits per heavy atom. The van der Waals surface area contributed by atoms with Gasteiger partial charge < -0.3 is 20.1 Å². The van der Waals surface area contributed by atoms with Gasteiger partial charge in [-0.1, -0.05) is 30.3 Å². The van der Waals surface area contributed by atoms with E-state index in [-0.39, 0.29) is 30.9 Å². The Hall–Kier alpha value is -1.92. The molecule has 1 aliphatic rings. The lowest BCUT2D eigenvalue weighted by molar-refractivity contribution is -0.140. The summed E-state index contributed by atoms with van der Waals surface area (Å²) in [6, 6.07) is 9.43. The van der Waals surface area contributed by atoms with E-state index in [0.717, 1.165) is 5.56 Å². The molecule has 0 radical (unpaired) electrons. The van der Waals surface area contributed by atoms with Gasteiger partial charge in [0.15, 0.2) is 0 Å². The number of hydrogen-bond donors (Lipinski definition) is 2. The van der Waals surface area contributed by atoms with Crippen LogP contribution in [0.25, 0.3) is 0 Å². The fourth-order valence-electron chi connectivity index (χ4n) is 2.67. The van der Waals surface area contributed by atoms with E-state index >= 15 is 0 Å². The van der Waals surface area contributed by atoms with Crippen molar-refractivity contribution in [1.29, 1.82) is 0 Å². The monoisotopic (exact) mass is 320 g/mol. The van der Waals surface area contributed by atoms with Crippen molar-refractivity contribution in [3.63, 3.8) is 0 Å². The molecule has 0 bridgehead atoms. The Labute approximate surface area is 136 Å². The minimum atomic E-state index is -0.0853. The Morgan fingerprint density at radius 1 is 1.30 bits per heavy atom. The van der Waals surface area contributed by atoms with Crippen LogP contribution in [-0.2, 0) is 20.7 Å². The van der Waals surface area contributed by atoms with Crippen molar-refractivity contribution in [3.8, 4) is 0 Å². The maximum Gasteiger partial charge on any atom is 0.224 e. The van der Waals surface area contributed by atoms with Crippen molar-refractivity contribution in [1.82, 2.24) is 10.2 Å². The summed E-state index contributed by atoms with van der Waals surface area (Å²) >= 11 is 0. The summed E-state index contributed by atoms with van der Waals surface area (Å²) in [4.78, 5) is 25.9. The number of benzene rings is 1. The van der Waals surface area contributed by atoms with Crippen LogP contribution in [0.3, 0.4) is 0 Å². The molecule has 0 unspecified atom stereocenters. The van der Waals surface area contributed by atoms with Crippen LogP contribution in [0.5, 0.6) is 0 Å². The summed E-state index contributed by atoms with van der Waals surface area (Å²) < 4.78 is 5.35. The van der Waals surface area contributed by atoms with Crippen molar-refractivity contribution in [3.05, 3.63) is 35.9 Å². The first-order valence-corrected chi connectivity index (χ1v) is 7.99. The Bertz CT molecular complexity index is 505. The van der Waals surface area contributed by atoms with Gasteiger partial charge in [-0.15, -0.1) is 0 Å². The predicted octanol–water partition coefficient (Wildman–Crippen LogP) is 0.345. The van der Waals surface area contributed by atoms with Crippen LogP contribution in [0.2, 0.25) is 0 Å². The molecule has 1 atom stereocenters. The summed E-state index contributed by atoms with van der Waals surface area (Å²) in [7, 11) is 0. The molecule has 1 saturated heterocycles. The summed E-state index contributed by atoms with van der Waals surface area (Å²) in [5.74, 6) is -0.0929. The van der Waals surface area contributed by atoms with Gasteiger partial charge in [-0.05, 0) is 12.0 Å². The van der Waals surface area contributed by atoms with Gasteiger partial charge in [-0.25, -0.2) is 0 Å². The first-order chi connectivity index (χ1) is 11.2. The quantitative estimate of drug-likeness (QED) is 0.760. The van der Waals surface area contributed by atoms with Crippen LogP contribution in [0.1, 0.15) is 18.4 Å². The molecule has 2 amide bonds. The summed E-state index contributed by atoms with van der Waals surface area (Å²) in [6.45, 7) is 1.89. The number of rotatable bonds is 7. The molecule has 0 aliphatic carbocycles. The lowest BCUT2D eigenvalue weighted by Crippen LogP contribution is -2.49. The van der Waals surface area contributed by atoms with Crippen molar-refractivity contribution in [2.45, 2.75) is 25.3 Å². The minimum Gasteiger partial charge on any atom is -0.396 e. The number of carbonyl (C=O) groups excluding carboxylic acids is 2. The molecule has 2 N–H and O–H groups in total.